The van der Waals surface area contributed by atoms with Crippen molar-refractivity contribution in [2.45, 2.75) is 19.8 Å². The van der Waals surface area contributed by atoms with Crippen molar-refractivity contribution in [3.8, 4) is 0 Å². The molecule has 0 unspecified atom stereocenters. The van der Waals surface area contributed by atoms with Crippen LogP contribution in [0.4, 0.5) is 0 Å². The molecule has 1 saturated heterocycles. The summed E-state index contributed by atoms with van der Waals surface area (Å²) in [5.74, 6) is -3.62. The van der Waals surface area contributed by atoms with E-state index in [2.05, 4.69) is 0 Å². The second-order valence-corrected chi connectivity index (χ2v) is 9.91. The third kappa shape index (κ3) is 4.60. The van der Waals surface area contributed by atoms with Gasteiger partial charge in [-0.25, -0.2) is 5.01 Å². The topological polar surface area (TPSA) is 74.8 Å². The Balaban J connectivity index is 1.74. The van der Waals surface area contributed by atoms with Crippen LogP contribution in [0.15, 0.2) is 48.0 Å². The first kappa shape index (κ1) is 24.7. The van der Waals surface area contributed by atoms with Gasteiger partial charge in [-0.05, 0) is 56.2 Å². The van der Waals surface area contributed by atoms with Crippen LogP contribution in [-0.4, -0.2) is 40.1 Å². The molecule has 2 aromatic rings. The van der Waals surface area contributed by atoms with Gasteiger partial charge in [0.25, 0.3) is 17.7 Å². The lowest BCUT2D eigenvalue weighted by atomic mass is 9.82. The SMILES string of the molecule is CC1=CC[C@H]2C(=O)N(N(CC(=O)c3ccc(Cl)cc3Cl)C(=O)c3ccc(Cl)cc3Cl)C(=O)[C@@H]2C1. The van der Waals surface area contributed by atoms with E-state index in [1.54, 1.807) is 0 Å². The number of carbonyl (C=O) groups excluding carboxylic acids is 4. The fourth-order valence-electron chi connectivity index (χ4n) is 4.23. The van der Waals surface area contributed by atoms with E-state index in [1.807, 2.05) is 13.0 Å². The van der Waals surface area contributed by atoms with Crippen molar-refractivity contribution in [3.05, 3.63) is 79.3 Å². The number of halogens is 4. The quantitative estimate of drug-likeness (QED) is 0.270. The summed E-state index contributed by atoms with van der Waals surface area (Å²) in [5.41, 5.74) is 1.08. The molecular formula is C24H18Cl4N2O4. The van der Waals surface area contributed by atoms with E-state index >= 15 is 0 Å². The van der Waals surface area contributed by atoms with E-state index < -0.39 is 41.9 Å². The van der Waals surface area contributed by atoms with Crippen molar-refractivity contribution in [1.82, 2.24) is 10.0 Å². The Bertz CT molecular complexity index is 1260. The molecule has 1 fully saturated rings. The van der Waals surface area contributed by atoms with Gasteiger partial charge in [-0.3, -0.25) is 19.2 Å². The van der Waals surface area contributed by atoms with E-state index in [4.69, 9.17) is 46.4 Å². The van der Waals surface area contributed by atoms with Crippen molar-refractivity contribution in [2.75, 3.05) is 6.54 Å². The highest BCUT2D eigenvalue weighted by atomic mass is 35.5. The van der Waals surface area contributed by atoms with Gasteiger partial charge in [0.2, 0.25) is 0 Å². The minimum atomic E-state index is -0.787. The lowest BCUT2D eigenvalue weighted by Crippen LogP contribution is -2.52. The summed E-state index contributed by atoms with van der Waals surface area (Å²) >= 11 is 24.3. The lowest BCUT2D eigenvalue weighted by molar-refractivity contribution is -0.154. The molecule has 1 heterocycles. The van der Waals surface area contributed by atoms with Crippen molar-refractivity contribution in [2.24, 2.45) is 11.8 Å². The second-order valence-electron chi connectivity index (χ2n) is 8.23. The van der Waals surface area contributed by atoms with Gasteiger partial charge < -0.3 is 0 Å². The molecule has 3 amide bonds. The number of rotatable bonds is 5. The van der Waals surface area contributed by atoms with Gasteiger partial charge in [0.05, 0.1) is 27.4 Å². The lowest BCUT2D eigenvalue weighted by Gasteiger charge is -2.30. The molecule has 6 nitrogen and oxygen atoms in total. The molecule has 2 atom stereocenters. The molecule has 0 saturated carbocycles. The molecule has 1 aliphatic carbocycles. The van der Waals surface area contributed by atoms with Crippen LogP contribution in [0, 0.1) is 11.8 Å². The monoisotopic (exact) mass is 538 g/mol. The normalized spacial score (nSPS) is 19.7. The average molecular weight is 540 g/mol. The fraction of sp³-hybridized carbons (Fsp3) is 0.250. The average Bonchev–Trinajstić information content (AvgIpc) is 3.01. The van der Waals surface area contributed by atoms with Gasteiger partial charge in [-0.2, -0.15) is 5.01 Å². The third-order valence-corrected chi connectivity index (χ3v) is 7.06. The van der Waals surface area contributed by atoms with Gasteiger partial charge >= 0.3 is 0 Å². The molecule has 4 rings (SSSR count). The maximum atomic E-state index is 13.6. The van der Waals surface area contributed by atoms with Gasteiger partial charge in [0.1, 0.15) is 6.54 Å². The van der Waals surface area contributed by atoms with Gasteiger partial charge in [0, 0.05) is 15.6 Å². The number of fused-ring (bicyclic) bond motifs is 1. The molecule has 176 valence electrons. The largest absolute Gasteiger partial charge is 0.292 e. The molecule has 0 N–H and O–H groups in total. The summed E-state index contributed by atoms with van der Waals surface area (Å²) in [6.07, 6.45) is 2.71. The second kappa shape index (κ2) is 9.70. The number of ketones is 1. The van der Waals surface area contributed by atoms with Crippen LogP contribution < -0.4 is 0 Å². The van der Waals surface area contributed by atoms with E-state index in [1.165, 1.54) is 36.4 Å². The molecule has 0 radical (unpaired) electrons. The van der Waals surface area contributed by atoms with Crippen LogP contribution in [0.1, 0.15) is 40.5 Å². The van der Waals surface area contributed by atoms with E-state index in [9.17, 15) is 19.2 Å². The van der Waals surface area contributed by atoms with Crippen molar-refractivity contribution in [3.63, 3.8) is 0 Å². The van der Waals surface area contributed by atoms with Gasteiger partial charge in [-0.15, -0.1) is 0 Å². The molecular weight excluding hydrogens is 522 g/mol. The number of carbonyl (C=O) groups is 4. The Morgan fingerprint density at radius 3 is 2.06 bits per heavy atom. The van der Waals surface area contributed by atoms with Crippen LogP contribution in [0.25, 0.3) is 0 Å². The first-order valence-electron chi connectivity index (χ1n) is 10.4. The Hall–Kier alpha value is -2.38. The maximum absolute atomic E-state index is 13.6. The number of benzene rings is 2. The Kier molecular flexibility index (Phi) is 7.06. The number of amides is 3. The third-order valence-electron chi connectivity index (χ3n) is 5.96. The number of nitrogens with zero attached hydrogens (tertiary/aromatic N) is 2. The molecule has 10 heteroatoms. The van der Waals surface area contributed by atoms with Crippen molar-refractivity contribution in [1.29, 1.82) is 0 Å². The van der Waals surface area contributed by atoms with Crippen molar-refractivity contribution < 1.29 is 19.2 Å². The molecule has 34 heavy (non-hydrogen) atoms. The molecule has 0 aromatic heterocycles. The highest BCUT2D eigenvalue weighted by Crippen LogP contribution is 2.39. The predicted molar refractivity (Wildman–Crippen MR) is 130 cm³/mol. The summed E-state index contributed by atoms with van der Waals surface area (Å²) in [6.45, 7) is 1.28. The number of Topliss-reactive ketones (excluding diaryl/α,β-unsaturated/α-hetero) is 1. The van der Waals surface area contributed by atoms with Crippen LogP contribution in [0.2, 0.25) is 20.1 Å². The fourth-order valence-corrected chi connectivity index (χ4v) is 5.23. The van der Waals surface area contributed by atoms with E-state index in [0.717, 1.165) is 15.6 Å². The molecule has 2 aromatic carbocycles. The smallest absolute Gasteiger partial charge is 0.274 e. The van der Waals surface area contributed by atoms with Gasteiger partial charge in [-0.1, -0.05) is 58.1 Å². The molecule has 0 bridgehead atoms. The highest BCUT2D eigenvalue weighted by molar-refractivity contribution is 6.37. The summed E-state index contributed by atoms with van der Waals surface area (Å²) in [4.78, 5) is 53.3. The van der Waals surface area contributed by atoms with Crippen LogP contribution in [-0.2, 0) is 9.59 Å². The minimum absolute atomic E-state index is 0.00847. The van der Waals surface area contributed by atoms with Crippen LogP contribution >= 0.6 is 46.4 Å². The van der Waals surface area contributed by atoms with E-state index in [0.29, 0.717) is 22.9 Å². The predicted octanol–water partition coefficient (Wildman–Crippen LogP) is 5.88. The zero-order valence-electron chi connectivity index (χ0n) is 17.9. The Morgan fingerprint density at radius 2 is 1.47 bits per heavy atom. The number of hydrogen-bond acceptors (Lipinski definition) is 4. The summed E-state index contributed by atoms with van der Waals surface area (Å²) in [5, 5.41) is 2.38. The van der Waals surface area contributed by atoms with Crippen LogP contribution in [0.3, 0.4) is 0 Å². The van der Waals surface area contributed by atoms with Gasteiger partial charge in [0.15, 0.2) is 5.78 Å². The zero-order chi connectivity index (χ0) is 24.7. The molecule has 1 aliphatic heterocycles. The van der Waals surface area contributed by atoms with Crippen LogP contribution in [0.5, 0.6) is 0 Å². The Labute approximate surface area is 216 Å². The number of imide groups is 1. The Morgan fingerprint density at radius 1 is 0.912 bits per heavy atom. The zero-order valence-corrected chi connectivity index (χ0v) is 20.9. The molecule has 0 spiro atoms. The number of hydrogen-bond donors (Lipinski definition) is 0. The summed E-state index contributed by atoms with van der Waals surface area (Å²) < 4.78 is 0. The first-order chi connectivity index (χ1) is 16.1. The molecule has 2 aliphatic rings. The standard InChI is InChI=1S/C24H18Cl4N2O4/c1-12-2-5-15-18(8-12)24(34)30(23(15)33)29(22(32)17-7-4-14(26)10-20(17)28)11-21(31)16-6-3-13(25)9-19(16)27/h2-4,6-7,9-10,15,18H,5,8,11H2,1H3/t15-,18-/m1/s1. The maximum Gasteiger partial charge on any atom is 0.274 e. The highest BCUT2D eigenvalue weighted by Gasteiger charge is 2.52. The van der Waals surface area contributed by atoms with E-state index in [-0.39, 0.29) is 21.2 Å². The first-order valence-corrected chi connectivity index (χ1v) is 11.9. The number of allylic oxidation sites excluding steroid dienone is 2. The summed E-state index contributed by atoms with van der Waals surface area (Å²) in [7, 11) is 0. The van der Waals surface area contributed by atoms with Crippen molar-refractivity contribution >= 4 is 69.9 Å². The number of hydrazine groups is 1. The minimum Gasteiger partial charge on any atom is -0.292 e. The summed E-state index contributed by atoms with van der Waals surface area (Å²) in [6, 6.07) is 8.51.